The van der Waals surface area contributed by atoms with Crippen LogP contribution in [0.1, 0.15) is 27.2 Å². The molecule has 1 aliphatic rings. The summed E-state index contributed by atoms with van der Waals surface area (Å²) in [5, 5.41) is 0. The number of Topliss-reactive ketones (excluding diaryl/α,β-unsaturated/α-hetero) is 1. The minimum absolute atomic E-state index is 0.0671. The van der Waals surface area contributed by atoms with Gasteiger partial charge in [0.05, 0.1) is 0 Å². The fraction of sp³-hybridized carbons (Fsp3) is 0.778. The summed E-state index contributed by atoms with van der Waals surface area (Å²) >= 11 is 0. The van der Waals surface area contributed by atoms with E-state index < -0.39 is 0 Å². The Morgan fingerprint density at radius 1 is 1.55 bits per heavy atom. The summed E-state index contributed by atoms with van der Waals surface area (Å²) in [7, 11) is 0. The first-order valence-corrected chi connectivity index (χ1v) is 3.97. The van der Waals surface area contributed by atoms with Crippen LogP contribution in [0, 0.1) is 17.3 Å². The molecule has 0 radical (unpaired) electrons. The molecule has 62 valence electrons. The zero-order valence-corrected chi connectivity index (χ0v) is 7.26. The van der Waals surface area contributed by atoms with Gasteiger partial charge in [0.15, 0.2) is 0 Å². The van der Waals surface area contributed by atoms with E-state index in [1.807, 2.05) is 20.8 Å². The number of carbonyl (C=O) groups excluding carboxylic acids is 2. The van der Waals surface area contributed by atoms with Crippen LogP contribution in [0.15, 0.2) is 0 Å². The van der Waals surface area contributed by atoms with E-state index in [0.717, 1.165) is 6.29 Å². The molecule has 0 amide bonds. The lowest BCUT2D eigenvalue weighted by molar-refractivity contribution is -0.122. The molecule has 1 rings (SSSR count). The van der Waals surface area contributed by atoms with Gasteiger partial charge < -0.3 is 4.79 Å². The Kier molecular flexibility index (Phi) is 1.87. The molecule has 0 aromatic carbocycles. The van der Waals surface area contributed by atoms with Gasteiger partial charge in [-0.05, 0) is 5.41 Å². The van der Waals surface area contributed by atoms with E-state index in [2.05, 4.69) is 0 Å². The maximum absolute atomic E-state index is 11.2. The van der Waals surface area contributed by atoms with Crippen LogP contribution in [0.3, 0.4) is 0 Å². The molecule has 2 atom stereocenters. The quantitative estimate of drug-likeness (QED) is 0.535. The van der Waals surface area contributed by atoms with Gasteiger partial charge in [-0.25, -0.2) is 0 Å². The van der Waals surface area contributed by atoms with Crippen LogP contribution in [0.4, 0.5) is 0 Å². The van der Waals surface area contributed by atoms with E-state index in [1.165, 1.54) is 0 Å². The highest BCUT2D eigenvalue weighted by Crippen LogP contribution is 2.42. The molecule has 1 saturated carbocycles. The van der Waals surface area contributed by atoms with Gasteiger partial charge in [0, 0.05) is 18.3 Å². The first-order chi connectivity index (χ1) is 4.99. The second-order valence-electron chi connectivity index (χ2n) is 4.08. The molecule has 0 heterocycles. The SMILES string of the molecule is CC1C(=O)CC(C)(C)C1C=O. The Labute approximate surface area is 67.0 Å². The molecule has 0 spiro atoms. The van der Waals surface area contributed by atoms with Crippen molar-refractivity contribution in [2.45, 2.75) is 27.2 Å². The predicted molar refractivity (Wildman–Crippen MR) is 42.1 cm³/mol. The normalized spacial score (nSPS) is 35.7. The molecular weight excluding hydrogens is 140 g/mol. The third-order valence-corrected chi connectivity index (χ3v) is 2.73. The highest BCUT2D eigenvalue weighted by molar-refractivity contribution is 5.88. The summed E-state index contributed by atoms with van der Waals surface area (Å²) in [4.78, 5) is 21.8. The number of rotatable bonds is 1. The molecule has 1 aliphatic carbocycles. The molecule has 0 N–H and O–H groups in total. The lowest BCUT2D eigenvalue weighted by Gasteiger charge is -2.22. The van der Waals surface area contributed by atoms with Crippen LogP contribution in [-0.2, 0) is 9.59 Å². The zero-order valence-electron chi connectivity index (χ0n) is 7.26. The molecule has 0 aromatic heterocycles. The van der Waals surface area contributed by atoms with Gasteiger partial charge in [-0.15, -0.1) is 0 Å². The number of carbonyl (C=O) groups is 2. The highest BCUT2D eigenvalue weighted by Gasteiger charge is 2.44. The van der Waals surface area contributed by atoms with Crippen molar-refractivity contribution < 1.29 is 9.59 Å². The summed E-state index contributed by atoms with van der Waals surface area (Å²) in [6.07, 6.45) is 1.48. The smallest absolute Gasteiger partial charge is 0.136 e. The number of hydrogen-bond donors (Lipinski definition) is 0. The van der Waals surface area contributed by atoms with Gasteiger partial charge in [-0.3, -0.25) is 4.79 Å². The minimum Gasteiger partial charge on any atom is -0.303 e. The van der Waals surface area contributed by atoms with E-state index in [4.69, 9.17) is 0 Å². The van der Waals surface area contributed by atoms with Crippen molar-refractivity contribution in [1.82, 2.24) is 0 Å². The Morgan fingerprint density at radius 2 is 2.09 bits per heavy atom. The fourth-order valence-corrected chi connectivity index (χ4v) is 1.91. The van der Waals surface area contributed by atoms with E-state index >= 15 is 0 Å². The van der Waals surface area contributed by atoms with E-state index in [9.17, 15) is 9.59 Å². The van der Waals surface area contributed by atoms with Crippen LogP contribution in [0.25, 0.3) is 0 Å². The summed E-state index contributed by atoms with van der Waals surface area (Å²) in [5.74, 6) is 0.0876. The van der Waals surface area contributed by atoms with Gasteiger partial charge >= 0.3 is 0 Å². The second kappa shape index (κ2) is 2.43. The molecule has 1 fully saturated rings. The highest BCUT2D eigenvalue weighted by atomic mass is 16.1. The summed E-state index contributed by atoms with van der Waals surface area (Å²) in [6.45, 7) is 5.80. The lowest BCUT2D eigenvalue weighted by Crippen LogP contribution is -2.22. The second-order valence-corrected chi connectivity index (χ2v) is 4.08. The third kappa shape index (κ3) is 1.22. The first kappa shape index (κ1) is 8.44. The average Bonchev–Trinajstić information content (AvgIpc) is 2.03. The first-order valence-electron chi connectivity index (χ1n) is 3.97. The lowest BCUT2D eigenvalue weighted by atomic mass is 9.80. The maximum atomic E-state index is 11.2. The Hall–Kier alpha value is -0.660. The van der Waals surface area contributed by atoms with Crippen molar-refractivity contribution in [2.75, 3.05) is 0 Å². The molecule has 2 nitrogen and oxygen atoms in total. The molecule has 0 aromatic rings. The molecule has 0 bridgehead atoms. The van der Waals surface area contributed by atoms with Crippen LogP contribution in [0.5, 0.6) is 0 Å². The van der Waals surface area contributed by atoms with Crippen molar-refractivity contribution in [1.29, 1.82) is 0 Å². The van der Waals surface area contributed by atoms with Crippen LogP contribution >= 0.6 is 0 Å². The molecule has 0 aliphatic heterocycles. The van der Waals surface area contributed by atoms with Crippen molar-refractivity contribution in [3.63, 3.8) is 0 Å². The molecule has 2 heteroatoms. The average molecular weight is 154 g/mol. The van der Waals surface area contributed by atoms with Crippen molar-refractivity contribution in [2.24, 2.45) is 17.3 Å². The van der Waals surface area contributed by atoms with E-state index in [0.29, 0.717) is 6.42 Å². The largest absolute Gasteiger partial charge is 0.303 e. The van der Waals surface area contributed by atoms with Crippen molar-refractivity contribution >= 4 is 12.1 Å². The molecular formula is C9H14O2. The van der Waals surface area contributed by atoms with Gasteiger partial charge in [0.1, 0.15) is 12.1 Å². The van der Waals surface area contributed by atoms with Crippen molar-refractivity contribution in [3.05, 3.63) is 0 Å². The molecule has 0 saturated heterocycles. The summed E-state index contributed by atoms with van der Waals surface area (Å²) < 4.78 is 0. The fourth-order valence-electron chi connectivity index (χ4n) is 1.91. The van der Waals surface area contributed by atoms with E-state index in [-0.39, 0.29) is 23.0 Å². The minimum atomic E-state index is -0.113. The topological polar surface area (TPSA) is 34.1 Å². The Balaban J connectivity index is 2.90. The maximum Gasteiger partial charge on any atom is 0.136 e. The van der Waals surface area contributed by atoms with Gasteiger partial charge in [0.25, 0.3) is 0 Å². The summed E-state index contributed by atoms with van der Waals surface area (Å²) in [6, 6.07) is 0. The van der Waals surface area contributed by atoms with E-state index in [1.54, 1.807) is 0 Å². The van der Waals surface area contributed by atoms with Crippen molar-refractivity contribution in [3.8, 4) is 0 Å². The summed E-state index contributed by atoms with van der Waals surface area (Å²) in [5.41, 5.74) is -0.113. The molecule has 2 unspecified atom stereocenters. The van der Waals surface area contributed by atoms with Crippen LogP contribution in [0.2, 0.25) is 0 Å². The predicted octanol–water partition coefficient (Wildman–Crippen LogP) is 1.44. The number of hydrogen-bond acceptors (Lipinski definition) is 2. The standard InChI is InChI=1S/C9H14O2/c1-6-7(5-10)9(2,3)4-8(6)11/h5-7H,4H2,1-3H3. The van der Waals surface area contributed by atoms with Crippen LogP contribution < -0.4 is 0 Å². The van der Waals surface area contributed by atoms with Crippen LogP contribution in [-0.4, -0.2) is 12.1 Å². The van der Waals surface area contributed by atoms with Gasteiger partial charge in [0.2, 0.25) is 0 Å². The Morgan fingerprint density at radius 3 is 2.27 bits per heavy atom. The molecule has 11 heavy (non-hydrogen) atoms. The number of ketones is 1. The third-order valence-electron chi connectivity index (χ3n) is 2.73. The van der Waals surface area contributed by atoms with Gasteiger partial charge in [-0.2, -0.15) is 0 Å². The monoisotopic (exact) mass is 154 g/mol. The van der Waals surface area contributed by atoms with Gasteiger partial charge in [-0.1, -0.05) is 20.8 Å². The Bertz CT molecular complexity index is 194. The number of aldehydes is 1. The zero-order chi connectivity index (χ0) is 8.65.